The Kier molecular flexibility index (Phi) is 2.17. The van der Waals surface area contributed by atoms with Gasteiger partial charge < -0.3 is 9.72 Å². The van der Waals surface area contributed by atoms with Gasteiger partial charge in [0.1, 0.15) is 11.7 Å². The molecular formula is C10H10N4. The van der Waals surface area contributed by atoms with Crippen molar-refractivity contribution in [3.05, 3.63) is 35.8 Å². The van der Waals surface area contributed by atoms with Crippen molar-refractivity contribution in [3.8, 4) is 6.07 Å². The third-order valence-electron chi connectivity index (χ3n) is 2.07. The summed E-state index contributed by atoms with van der Waals surface area (Å²) in [5.74, 6) is 0. The molecule has 0 spiro atoms. The van der Waals surface area contributed by atoms with Gasteiger partial charge in [-0.3, -0.25) is 0 Å². The highest BCUT2D eigenvalue weighted by Gasteiger charge is 2.02. The van der Waals surface area contributed by atoms with Crippen LogP contribution < -0.4 is 5.32 Å². The molecular weight excluding hydrogens is 176 g/mol. The number of nitrogens with zero attached hydrogens (tertiary/aromatic N) is 3. The highest BCUT2D eigenvalue weighted by atomic mass is 15.0. The molecule has 0 aliphatic carbocycles. The van der Waals surface area contributed by atoms with Crippen LogP contribution in [0.15, 0.2) is 24.5 Å². The van der Waals surface area contributed by atoms with E-state index in [2.05, 4.69) is 16.4 Å². The smallest absolute Gasteiger partial charge is 0.137 e. The summed E-state index contributed by atoms with van der Waals surface area (Å²) >= 11 is 0. The van der Waals surface area contributed by atoms with Crippen LogP contribution in [0.5, 0.6) is 0 Å². The van der Waals surface area contributed by atoms with E-state index in [4.69, 9.17) is 5.26 Å². The molecule has 1 N–H and O–H groups in total. The Balaban J connectivity index is 2.59. The van der Waals surface area contributed by atoms with Crippen LogP contribution in [-0.4, -0.2) is 16.4 Å². The number of hydrogen-bond donors (Lipinski definition) is 1. The second-order valence-corrected chi connectivity index (χ2v) is 3.04. The second kappa shape index (κ2) is 3.48. The maximum Gasteiger partial charge on any atom is 0.137 e. The molecule has 0 amide bonds. The normalized spacial score (nSPS) is 10.3. The summed E-state index contributed by atoms with van der Waals surface area (Å²) in [5, 5.41) is 11.8. The van der Waals surface area contributed by atoms with Gasteiger partial charge in [-0.15, -0.1) is 0 Å². The van der Waals surface area contributed by atoms with E-state index in [0.29, 0.717) is 5.56 Å². The molecule has 0 unspecified atom stereocenters. The molecule has 14 heavy (non-hydrogen) atoms. The zero-order valence-electron chi connectivity index (χ0n) is 7.86. The van der Waals surface area contributed by atoms with E-state index in [1.165, 1.54) is 0 Å². The first-order valence-corrected chi connectivity index (χ1v) is 4.36. The molecule has 0 radical (unpaired) electrons. The largest absolute Gasteiger partial charge is 0.314 e. The van der Waals surface area contributed by atoms with E-state index < -0.39 is 0 Å². The molecule has 0 fully saturated rings. The van der Waals surface area contributed by atoms with Gasteiger partial charge in [0.05, 0.1) is 17.5 Å². The van der Waals surface area contributed by atoms with E-state index in [0.717, 1.165) is 17.9 Å². The maximum atomic E-state index is 8.76. The fourth-order valence-corrected chi connectivity index (χ4v) is 1.41. The molecule has 0 atom stereocenters. The molecule has 0 bridgehead atoms. The summed E-state index contributed by atoms with van der Waals surface area (Å²) in [5.41, 5.74) is 2.57. The first-order valence-electron chi connectivity index (χ1n) is 4.36. The Hall–Kier alpha value is -1.86. The van der Waals surface area contributed by atoms with Crippen LogP contribution in [0.3, 0.4) is 0 Å². The van der Waals surface area contributed by atoms with Gasteiger partial charge in [0.15, 0.2) is 0 Å². The Morgan fingerprint density at radius 3 is 3.14 bits per heavy atom. The topological polar surface area (TPSA) is 53.1 Å². The van der Waals surface area contributed by atoms with E-state index in [1.807, 2.05) is 23.7 Å². The number of nitrogens with one attached hydrogen (secondary N) is 1. The predicted molar refractivity (Wildman–Crippen MR) is 52.7 cm³/mol. The van der Waals surface area contributed by atoms with Gasteiger partial charge in [-0.05, 0) is 19.2 Å². The fraction of sp³-hybridized carbons (Fsp3) is 0.200. The molecule has 4 heteroatoms. The lowest BCUT2D eigenvalue weighted by molar-refractivity contribution is 0.782. The van der Waals surface area contributed by atoms with Crippen molar-refractivity contribution in [2.24, 2.45) is 0 Å². The van der Waals surface area contributed by atoms with Crippen LogP contribution in [0.1, 0.15) is 11.3 Å². The highest BCUT2D eigenvalue weighted by Crippen LogP contribution is 2.08. The fourth-order valence-electron chi connectivity index (χ4n) is 1.41. The van der Waals surface area contributed by atoms with Gasteiger partial charge in [0.2, 0.25) is 0 Å². The molecule has 2 rings (SSSR count). The Bertz CT molecular complexity index is 492. The lowest BCUT2D eigenvalue weighted by Gasteiger charge is -2.00. The van der Waals surface area contributed by atoms with Gasteiger partial charge in [0.25, 0.3) is 0 Å². The van der Waals surface area contributed by atoms with E-state index in [1.54, 1.807) is 12.3 Å². The summed E-state index contributed by atoms with van der Waals surface area (Å²) in [6.07, 6.45) is 3.61. The number of rotatable bonds is 2. The molecule has 4 nitrogen and oxygen atoms in total. The third-order valence-corrected chi connectivity index (χ3v) is 2.07. The average molecular weight is 186 g/mol. The van der Waals surface area contributed by atoms with E-state index >= 15 is 0 Å². The van der Waals surface area contributed by atoms with Crippen LogP contribution in [-0.2, 0) is 6.54 Å². The van der Waals surface area contributed by atoms with Gasteiger partial charge in [-0.2, -0.15) is 5.26 Å². The summed E-state index contributed by atoms with van der Waals surface area (Å²) in [4.78, 5) is 4.23. The van der Waals surface area contributed by atoms with Crippen molar-refractivity contribution in [1.29, 1.82) is 5.26 Å². The first kappa shape index (κ1) is 8.73. The molecule has 0 aliphatic rings. The summed E-state index contributed by atoms with van der Waals surface area (Å²) in [7, 11) is 1.88. The lowest BCUT2D eigenvalue weighted by atomic mass is 10.3. The number of imidazole rings is 1. The SMILES string of the molecule is CNCc1cnc2ccc(C#N)cn12. The average Bonchev–Trinajstić information content (AvgIpc) is 2.61. The number of nitriles is 1. The summed E-state index contributed by atoms with van der Waals surface area (Å²) < 4.78 is 1.93. The number of hydrogen-bond acceptors (Lipinski definition) is 3. The van der Waals surface area contributed by atoms with Gasteiger partial charge in [-0.25, -0.2) is 4.98 Å². The second-order valence-electron chi connectivity index (χ2n) is 3.04. The molecule has 0 aliphatic heterocycles. The van der Waals surface area contributed by atoms with Crippen LogP contribution >= 0.6 is 0 Å². The zero-order chi connectivity index (χ0) is 9.97. The van der Waals surface area contributed by atoms with Crippen molar-refractivity contribution in [1.82, 2.24) is 14.7 Å². The van der Waals surface area contributed by atoms with Crippen LogP contribution in [0, 0.1) is 11.3 Å². The number of aromatic nitrogens is 2. The minimum absolute atomic E-state index is 0.646. The molecule has 0 saturated heterocycles. The quantitative estimate of drug-likeness (QED) is 0.759. The minimum Gasteiger partial charge on any atom is -0.314 e. The molecule has 70 valence electrons. The van der Waals surface area contributed by atoms with Crippen molar-refractivity contribution in [3.63, 3.8) is 0 Å². The molecule has 2 heterocycles. The maximum absolute atomic E-state index is 8.76. The third kappa shape index (κ3) is 1.34. The summed E-state index contributed by atoms with van der Waals surface area (Å²) in [6, 6.07) is 5.72. The zero-order valence-corrected chi connectivity index (χ0v) is 7.86. The van der Waals surface area contributed by atoms with Crippen LogP contribution in [0.25, 0.3) is 5.65 Å². The van der Waals surface area contributed by atoms with Crippen LogP contribution in [0.4, 0.5) is 0 Å². The standard InChI is InChI=1S/C10H10N4/c1-12-5-9-6-13-10-3-2-8(4-11)7-14(9)10/h2-3,6-7,12H,5H2,1H3. The Morgan fingerprint density at radius 1 is 1.57 bits per heavy atom. The van der Waals surface area contributed by atoms with Crippen LogP contribution in [0.2, 0.25) is 0 Å². The first-order chi connectivity index (χ1) is 6.85. The van der Waals surface area contributed by atoms with E-state index in [-0.39, 0.29) is 0 Å². The highest BCUT2D eigenvalue weighted by molar-refractivity contribution is 5.44. The van der Waals surface area contributed by atoms with Crippen molar-refractivity contribution < 1.29 is 0 Å². The Morgan fingerprint density at radius 2 is 2.43 bits per heavy atom. The van der Waals surface area contributed by atoms with E-state index in [9.17, 15) is 0 Å². The van der Waals surface area contributed by atoms with Gasteiger partial charge >= 0.3 is 0 Å². The monoisotopic (exact) mass is 186 g/mol. The van der Waals surface area contributed by atoms with Gasteiger partial charge in [-0.1, -0.05) is 0 Å². The number of fused-ring (bicyclic) bond motifs is 1. The van der Waals surface area contributed by atoms with Crippen molar-refractivity contribution in [2.45, 2.75) is 6.54 Å². The molecule has 2 aromatic heterocycles. The lowest BCUT2D eigenvalue weighted by Crippen LogP contribution is -2.07. The minimum atomic E-state index is 0.646. The molecule has 0 aromatic carbocycles. The van der Waals surface area contributed by atoms with Gasteiger partial charge in [0, 0.05) is 12.7 Å². The van der Waals surface area contributed by atoms with Crippen molar-refractivity contribution >= 4 is 5.65 Å². The summed E-state index contributed by atoms with van der Waals surface area (Å²) in [6.45, 7) is 0.746. The van der Waals surface area contributed by atoms with Crippen molar-refractivity contribution in [2.75, 3.05) is 7.05 Å². The molecule has 2 aromatic rings. The molecule has 0 saturated carbocycles. The number of pyridine rings is 1. The Labute approximate surface area is 81.8 Å². The predicted octanol–water partition coefficient (Wildman–Crippen LogP) is 0.925.